The minimum absolute atomic E-state index is 0.397. The van der Waals surface area contributed by atoms with Crippen molar-refractivity contribution >= 4 is 22.8 Å². The topological polar surface area (TPSA) is 56.5 Å². The number of hydrogen-bond acceptors (Lipinski definition) is 3. The molecule has 0 aromatic heterocycles. The fourth-order valence-electron chi connectivity index (χ4n) is 2.18. The van der Waals surface area contributed by atoms with Crippen molar-refractivity contribution in [1.82, 2.24) is 4.90 Å². The van der Waals surface area contributed by atoms with Crippen LogP contribution in [0.15, 0.2) is 51.2 Å². The Morgan fingerprint density at radius 3 is 2.54 bits per heavy atom. The van der Waals surface area contributed by atoms with Crippen LogP contribution in [0.1, 0.15) is 23.6 Å². The van der Waals surface area contributed by atoms with Crippen molar-refractivity contribution in [3.05, 3.63) is 53.1 Å². The minimum Gasteiger partial charge on any atom is -0.366 e. The summed E-state index contributed by atoms with van der Waals surface area (Å²) in [6.45, 7) is 6.72. The average Bonchev–Trinajstić information content (AvgIpc) is 2.59. The first kappa shape index (κ1) is 17.9. The zero-order valence-corrected chi connectivity index (χ0v) is 15.2. The summed E-state index contributed by atoms with van der Waals surface area (Å²) in [5, 5.41) is 9.48. The molecular formula is C19H21N3OS. The van der Waals surface area contributed by atoms with E-state index in [4.69, 9.17) is 0 Å². The van der Waals surface area contributed by atoms with Gasteiger partial charge in [0.2, 0.25) is 0 Å². The Labute approximate surface area is 145 Å². The number of aryl methyl sites for hydroxylation is 2. The van der Waals surface area contributed by atoms with Crippen LogP contribution < -0.4 is 0 Å². The maximum absolute atomic E-state index is 12.9. The predicted octanol–water partition coefficient (Wildman–Crippen LogP) is 3.95. The van der Waals surface area contributed by atoms with E-state index in [2.05, 4.69) is 11.1 Å². The molecular weight excluding hydrogens is 318 g/mol. The highest BCUT2D eigenvalue weighted by Crippen LogP contribution is 2.28. The van der Waals surface area contributed by atoms with Crippen LogP contribution in [0.25, 0.3) is 0 Å². The number of benzene rings is 2. The first-order valence-corrected chi connectivity index (χ1v) is 8.89. The average molecular weight is 339 g/mol. The van der Waals surface area contributed by atoms with Gasteiger partial charge >= 0.3 is 0 Å². The lowest BCUT2D eigenvalue weighted by molar-refractivity contribution is 0.552. The number of hydrogen-bond donors (Lipinski definition) is 0. The molecule has 0 aliphatic carbocycles. The molecule has 1 atom stereocenters. The monoisotopic (exact) mass is 339 g/mol. The third-order valence-corrected chi connectivity index (χ3v) is 5.40. The maximum atomic E-state index is 12.9. The van der Waals surface area contributed by atoms with Crippen LogP contribution in [0, 0.1) is 25.2 Å². The van der Waals surface area contributed by atoms with Crippen molar-refractivity contribution in [2.45, 2.75) is 30.6 Å². The summed E-state index contributed by atoms with van der Waals surface area (Å²) in [5.41, 5.74) is 2.96. The van der Waals surface area contributed by atoms with Crippen molar-refractivity contribution in [2.24, 2.45) is 4.99 Å². The first-order valence-electron chi connectivity index (χ1n) is 7.74. The van der Waals surface area contributed by atoms with Gasteiger partial charge in [-0.3, -0.25) is 0 Å². The molecule has 124 valence electrons. The fourth-order valence-corrected chi connectivity index (χ4v) is 3.56. The van der Waals surface area contributed by atoms with E-state index in [9.17, 15) is 9.47 Å². The zero-order valence-electron chi connectivity index (χ0n) is 14.4. The summed E-state index contributed by atoms with van der Waals surface area (Å²) >= 11 is 0. The molecule has 2 aromatic rings. The Bertz CT molecular complexity index is 837. The van der Waals surface area contributed by atoms with E-state index in [-0.39, 0.29) is 0 Å². The van der Waals surface area contributed by atoms with E-state index >= 15 is 0 Å². The van der Waals surface area contributed by atoms with Gasteiger partial charge in [0.05, 0.1) is 33.3 Å². The van der Waals surface area contributed by atoms with Gasteiger partial charge < -0.3 is 4.90 Å². The predicted molar refractivity (Wildman–Crippen MR) is 98.2 cm³/mol. The third kappa shape index (κ3) is 3.90. The van der Waals surface area contributed by atoms with Crippen LogP contribution in [-0.4, -0.2) is 29.0 Å². The van der Waals surface area contributed by atoms with E-state index in [0.717, 1.165) is 28.3 Å². The van der Waals surface area contributed by atoms with E-state index in [1.807, 2.05) is 57.0 Å². The lowest BCUT2D eigenvalue weighted by Gasteiger charge is -2.11. The van der Waals surface area contributed by atoms with Gasteiger partial charge in [0, 0.05) is 18.5 Å². The van der Waals surface area contributed by atoms with Crippen LogP contribution in [0.2, 0.25) is 0 Å². The highest BCUT2D eigenvalue weighted by atomic mass is 32.2. The van der Waals surface area contributed by atoms with Gasteiger partial charge in [0.25, 0.3) is 0 Å². The second-order valence-corrected chi connectivity index (χ2v) is 7.02. The van der Waals surface area contributed by atoms with Crippen molar-refractivity contribution in [3.63, 3.8) is 0 Å². The molecule has 4 nitrogen and oxygen atoms in total. The smallest absolute Gasteiger partial charge is 0.100 e. The molecule has 0 bridgehead atoms. The molecule has 2 aromatic carbocycles. The molecule has 0 fully saturated rings. The number of aliphatic imine (C=N–C) groups is 1. The first-order chi connectivity index (χ1) is 11.5. The Kier molecular flexibility index (Phi) is 5.88. The Hall–Kier alpha value is -2.45. The molecule has 0 aliphatic rings. The normalized spacial score (nSPS) is 12.1. The summed E-state index contributed by atoms with van der Waals surface area (Å²) in [6.07, 6.45) is 1.74. The Balaban J connectivity index is 2.48. The molecule has 0 spiro atoms. The summed E-state index contributed by atoms with van der Waals surface area (Å²) in [7, 11) is 0.549. The molecule has 0 amide bonds. The largest absolute Gasteiger partial charge is 0.366 e. The number of nitriles is 1. The molecule has 1 unspecified atom stereocenters. The van der Waals surface area contributed by atoms with Gasteiger partial charge in [-0.05, 0) is 50.1 Å². The van der Waals surface area contributed by atoms with Crippen LogP contribution in [0.3, 0.4) is 0 Å². The van der Waals surface area contributed by atoms with Gasteiger partial charge in [0.15, 0.2) is 0 Å². The molecule has 5 heteroatoms. The molecule has 0 saturated carbocycles. The van der Waals surface area contributed by atoms with Crippen molar-refractivity contribution in [3.8, 4) is 6.07 Å². The number of rotatable bonds is 5. The van der Waals surface area contributed by atoms with Gasteiger partial charge in [-0.25, -0.2) is 9.20 Å². The van der Waals surface area contributed by atoms with Crippen molar-refractivity contribution < 1.29 is 4.21 Å². The van der Waals surface area contributed by atoms with E-state index < -0.39 is 10.8 Å². The van der Waals surface area contributed by atoms with E-state index in [0.29, 0.717) is 10.5 Å². The molecule has 0 N–H and O–H groups in total. The van der Waals surface area contributed by atoms with Crippen molar-refractivity contribution in [2.75, 3.05) is 13.6 Å². The van der Waals surface area contributed by atoms with Crippen LogP contribution >= 0.6 is 0 Å². The van der Waals surface area contributed by atoms with Crippen molar-refractivity contribution in [1.29, 1.82) is 5.26 Å². The lowest BCUT2D eigenvalue weighted by atomic mass is 10.1. The standard InChI is InChI=1S/C19H21N3OS/c1-5-22(4)13-21-17-11-16(12-20)19(10-15(17)3)24(23)18-9-7-6-8-14(18)2/h6-11,13H,5H2,1-4H3. The van der Waals surface area contributed by atoms with Gasteiger partial charge in [-0.15, -0.1) is 0 Å². The highest BCUT2D eigenvalue weighted by Gasteiger charge is 2.16. The van der Waals surface area contributed by atoms with Gasteiger partial charge in [-0.2, -0.15) is 5.26 Å². The Morgan fingerprint density at radius 1 is 1.21 bits per heavy atom. The molecule has 0 saturated heterocycles. The second kappa shape index (κ2) is 7.89. The SMILES string of the molecule is CCN(C)C=Nc1cc(C#N)c(S(=O)c2ccccc2C)cc1C. The number of nitrogens with zero attached hydrogens (tertiary/aromatic N) is 3. The van der Waals surface area contributed by atoms with Crippen LogP contribution in [0.5, 0.6) is 0 Å². The quantitative estimate of drug-likeness (QED) is 0.612. The van der Waals surface area contributed by atoms with Gasteiger partial charge in [-0.1, -0.05) is 18.2 Å². The lowest BCUT2D eigenvalue weighted by Crippen LogP contribution is -2.14. The van der Waals surface area contributed by atoms with E-state index in [1.165, 1.54) is 0 Å². The maximum Gasteiger partial charge on any atom is 0.100 e. The molecule has 2 rings (SSSR count). The van der Waals surface area contributed by atoms with Gasteiger partial charge in [0.1, 0.15) is 6.07 Å². The highest BCUT2D eigenvalue weighted by molar-refractivity contribution is 7.85. The molecule has 0 heterocycles. The zero-order chi connectivity index (χ0) is 17.7. The second-order valence-electron chi connectivity index (χ2n) is 5.60. The Morgan fingerprint density at radius 2 is 1.92 bits per heavy atom. The molecule has 0 radical (unpaired) electrons. The third-order valence-electron chi connectivity index (χ3n) is 3.80. The summed E-state index contributed by atoms with van der Waals surface area (Å²) < 4.78 is 12.9. The molecule has 0 aliphatic heterocycles. The fraction of sp³-hybridized carbons (Fsp3) is 0.263. The van der Waals surface area contributed by atoms with E-state index in [1.54, 1.807) is 18.5 Å². The molecule has 24 heavy (non-hydrogen) atoms. The van der Waals surface area contributed by atoms with Crippen LogP contribution in [0.4, 0.5) is 5.69 Å². The summed E-state index contributed by atoms with van der Waals surface area (Å²) in [5.74, 6) is 0. The summed E-state index contributed by atoms with van der Waals surface area (Å²) in [4.78, 5) is 7.64. The summed E-state index contributed by atoms with van der Waals surface area (Å²) in [6, 6.07) is 13.2. The minimum atomic E-state index is -1.39. The van der Waals surface area contributed by atoms with Crippen LogP contribution in [-0.2, 0) is 10.8 Å².